The summed E-state index contributed by atoms with van der Waals surface area (Å²) in [5.74, 6) is -0.161. The monoisotopic (exact) mass is 284 g/mol. The number of hydrogen-bond donors (Lipinski definition) is 2. The van der Waals surface area contributed by atoms with E-state index in [2.05, 4.69) is 0 Å². The Morgan fingerprint density at radius 3 is 2.53 bits per heavy atom. The van der Waals surface area contributed by atoms with Gasteiger partial charge in [-0.1, -0.05) is 0 Å². The molecule has 0 radical (unpaired) electrons. The van der Waals surface area contributed by atoms with E-state index in [-0.39, 0.29) is 18.2 Å². The van der Waals surface area contributed by atoms with Gasteiger partial charge in [0.25, 0.3) is 5.91 Å². The molecular weight excluding hydrogens is 268 g/mol. The summed E-state index contributed by atoms with van der Waals surface area (Å²) in [5, 5.41) is 13.6. The number of primary sulfonamides is 1. The molecule has 7 heteroatoms. The van der Waals surface area contributed by atoms with Crippen molar-refractivity contribution in [1.82, 2.24) is 4.90 Å². The van der Waals surface area contributed by atoms with Crippen LogP contribution in [0.3, 0.4) is 0 Å². The van der Waals surface area contributed by atoms with Crippen molar-refractivity contribution >= 4 is 15.9 Å². The molecule has 0 aliphatic carbocycles. The van der Waals surface area contributed by atoms with Crippen molar-refractivity contribution in [3.63, 3.8) is 0 Å². The Hall–Kier alpha value is -1.60. The summed E-state index contributed by atoms with van der Waals surface area (Å²) in [5.41, 5.74) is 0.424. The lowest BCUT2D eigenvalue weighted by Gasteiger charge is -2.31. The van der Waals surface area contributed by atoms with Gasteiger partial charge in [0.2, 0.25) is 10.0 Å². The molecule has 0 spiro atoms. The van der Waals surface area contributed by atoms with Crippen molar-refractivity contribution in [2.45, 2.75) is 18.1 Å². The highest BCUT2D eigenvalue weighted by atomic mass is 32.2. The number of sulfonamides is 1. The van der Waals surface area contributed by atoms with Crippen LogP contribution in [0.15, 0.2) is 24.3 Å². The van der Waals surface area contributed by atoms with Crippen LogP contribution in [0, 0.1) is 0 Å². The summed E-state index contributed by atoms with van der Waals surface area (Å²) >= 11 is 0. The summed E-state index contributed by atoms with van der Waals surface area (Å²) in [6.07, 6.45) is 1.10. The van der Waals surface area contributed by atoms with E-state index >= 15 is 0 Å². The molecule has 0 saturated carbocycles. The number of carbonyl (C=O) groups is 1. The third-order valence-electron chi connectivity index (χ3n) is 3.24. The van der Waals surface area contributed by atoms with Gasteiger partial charge in [0.15, 0.2) is 0 Å². The first-order chi connectivity index (χ1) is 8.88. The SMILES string of the molecule is NS(=O)(=O)C1CCCN(C(=O)c2ccc(O)cc2)C1. The maximum absolute atomic E-state index is 12.2. The lowest BCUT2D eigenvalue weighted by Crippen LogP contribution is -2.47. The first kappa shape index (κ1) is 13.8. The third-order valence-corrected chi connectivity index (χ3v) is 4.56. The fraction of sp³-hybridized carbons (Fsp3) is 0.417. The van der Waals surface area contributed by atoms with Crippen molar-refractivity contribution in [3.8, 4) is 5.75 Å². The number of aromatic hydroxyl groups is 1. The average Bonchev–Trinajstić information content (AvgIpc) is 2.38. The van der Waals surface area contributed by atoms with Crippen molar-refractivity contribution in [3.05, 3.63) is 29.8 Å². The standard InChI is InChI=1S/C12H16N2O4S/c13-19(17,18)11-2-1-7-14(8-11)12(16)9-3-5-10(15)6-4-9/h3-6,11,15H,1-2,7-8H2,(H2,13,17,18). The van der Waals surface area contributed by atoms with Gasteiger partial charge in [-0.15, -0.1) is 0 Å². The van der Waals surface area contributed by atoms with E-state index in [0.29, 0.717) is 24.9 Å². The molecule has 1 saturated heterocycles. The number of benzene rings is 1. The van der Waals surface area contributed by atoms with Crippen LogP contribution in [0.1, 0.15) is 23.2 Å². The topological polar surface area (TPSA) is 101 Å². The number of nitrogens with zero attached hydrogens (tertiary/aromatic N) is 1. The van der Waals surface area contributed by atoms with Crippen molar-refractivity contribution < 1.29 is 18.3 Å². The molecule has 3 N–H and O–H groups in total. The van der Waals surface area contributed by atoms with E-state index in [1.807, 2.05) is 0 Å². The number of hydrogen-bond acceptors (Lipinski definition) is 4. The zero-order chi connectivity index (χ0) is 14.0. The van der Waals surface area contributed by atoms with Crippen molar-refractivity contribution in [2.75, 3.05) is 13.1 Å². The second kappa shape index (κ2) is 5.18. The molecule has 1 unspecified atom stereocenters. The quantitative estimate of drug-likeness (QED) is 0.814. The fourth-order valence-corrected chi connectivity index (χ4v) is 3.06. The van der Waals surface area contributed by atoms with Gasteiger partial charge in [-0.25, -0.2) is 13.6 Å². The lowest BCUT2D eigenvalue weighted by atomic mass is 10.1. The van der Waals surface area contributed by atoms with E-state index in [9.17, 15) is 18.3 Å². The van der Waals surface area contributed by atoms with Gasteiger partial charge in [0.05, 0.1) is 5.25 Å². The molecule has 1 aliphatic heterocycles. The molecule has 2 rings (SSSR count). The smallest absolute Gasteiger partial charge is 0.253 e. The third kappa shape index (κ3) is 3.24. The maximum atomic E-state index is 12.2. The van der Waals surface area contributed by atoms with E-state index in [0.717, 1.165) is 0 Å². The van der Waals surface area contributed by atoms with Crippen LogP contribution in [-0.4, -0.2) is 42.7 Å². The molecule has 1 aromatic carbocycles. The van der Waals surface area contributed by atoms with Crippen LogP contribution in [0.25, 0.3) is 0 Å². The molecule has 1 amide bonds. The van der Waals surface area contributed by atoms with Crippen LogP contribution >= 0.6 is 0 Å². The number of nitrogens with two attached hydrogens (primary N) is 1. The van der Waals surface area contributed by atoms with E-state index < -0.39 is 15.3 Å². The van der Waals surface area contributed by atoms with Gasteiger partial charge in [0.1, 0.15) is 5.75 Å². The Kier molecular flexibility index (Phi) is 3.77. The molecule has 104 valence electrons. The molecule has 1 atom stereocenters. The molecule has 0 bridgehead atoms. The van der Waals surface area contributed by atoms with Crippen molar-refractivity contribution in [1.29, 1.82) is 0 Å². The molecule has 1 heterocycles. The first-order valence-corrected chi connectivity index (χ1v) is 7.59. The van der Waals surface area contributed by atoms with E-state index in [1.165, 1.54) is 29.2 Å². The normalized spacial score (nSPS) is 20.3. The fourth-order valence-electron chi connectivity index (χ4n) is 2.18. The summed E-state index contributed by atoms with van der Waals surface area (Å²) in [6.45, 7) is 0.643. The Balaban J connectivity index is 2.13. The minimum atomic E-state index is -3.62. The molecule has 1 aliphatic rings. The predicted molar refractivity (Wildman–Crippen MR) is 70.1 cm³/mol. The summed E-state index contributed by atoms with van der Waals surface area (Å²) < 4.78 is 22.7. The summed E-state index contributed by atoms with van der Waals surface area (Å²) in [6, 6.07) is 5.87. The Labute approximate surface area is 111 Å². The average molecular weight is 284 g/mol. The van der Waals surface area contributed by atoms with Crippen molar-refractivity contribution in [2.24, 2.45) is 5.14 Å². The predicted octanol–water partition coefficient (Wildman–Crippen LogP) is 0.285. The highest BCUT2D eigenvalue weighted by molar-refractivity contribution is 7.89. The van der Waals surface area contributed by atoms with Gasteiger partial charge in [-0.05, 0) is 37.1 Å². The van der Waals surface area contributed by atoms with Gasteiger partial charge in [-0.3, -0.25) is 4.79 Å². The van der Waals surface area contributed by atoms with Crippen LogP contribution in [0.2, 0.25) is 0 Å². The first-order valence-electron chi connectivity index (χ1n) is 5.98. The van der Waals surface area contributed by atoms with Crippen LogP contribution in [-0.2, 0) is 10.0 Å². The minimum Gasteiger partial charge on any atom is -0.508 e. The molecular formula is C12H16N2O4S. The Morgan fingerprint density at radius 1 is 1.32 bits per heavy atom. The molecule has 1 fully saturated rings. The van der Waals surface area contributed by atoms with Crippen LogP contribution < -0.4 is 5.14 Å². The van der Waals surface area contributed by atoms with Crippen LogP contribution in [0.4, 0.5) is 0 Å². The van der Waals surface area contributed by atoms with E-state index in [4.69, 9.17) is 5.14 Å². The number of amides is 1. The molecule has 19 heavy (non-hydrogen) atoms. The second-order valence-corrected chi connectivity index (χ2v) is 6.50. The zero-order valence-corrected chi connectivity index (χ0v) is 11.1. The number of likely N-dealkylation sites (tertiary alicyclic amines) is 1. The number of phenolic OH excluding ortho intramolecular Hbond substituents is 1. The van der Waals surface area contributed by atoms with Gasteiger partial charge in [0, 0.05) is 18.7 Å². The maximum Gasteiger partial charge on any atom is 0.253 e. The number of phenols is 1. The van der Waals surface area contributed by atoms with Gasteiger partial charge >= 0.3 is 0 Å². The van der Waals surface area contributed by atoms with Gasteiger partial charge in [-0.2, -0.15) is 0 Å². The largest absolute Gasteiger partial charge is 0.508 e. The molecule has 1 aromatic rings. The second-order valence-electron chi connectivity index (χ2n) is 4.65. The highest BCUT2D eigenvalue weighted by Gasteiger charge is 2.30. The summed E-state index contributed by atoms with van der Waals surface area (Å²) in [7, 11) is -3.62. The zero-order valence-electron chi connectivity index (χ0n) is 10.3. The van der Waals surface area contributed by atoms with Gasteiger partial charge < -0.3 is 10.0 Å². The number of rotatable bonds is 2. The number of carbonyl (C=O) groups excluding carboxylic acids is 1. The Bertz CT molecular complexity index is 568. The molecule has 6 nitrogen and oxygen atoms in total. The highest BCUT2D eigenvalue weighted by Crippen LogP contribution is 2.18. The van der Waals surface area contributed by atoms with E-state index in [1.54, 1.807) is 0 Å². The lowest BCUT2D eigenvalue weighted by molar-refractivity contribution is 0.0727. The number of piperidine rings is 1. The Morgan fingerprint density at radius 2 is 1.95 bits per heavy atom. The summed E-state index contributed by atoms with van der Waals surface area (Å²) in [4.78, 5) is 13.7. The van der Waals surface area contributed by atoms with Crippen LogP contribution in [0.5, 0.6) is 5.75 Å². The minimum absolute atomic E-state index is 0.0811. The molecule has 0 aromatic heterocycles.